The summed E-state index contributed by atoms with van der Waals surface area (Å²) < 4.78 is 1.50. The molecule has 2 heterocycles. The van der Waals surface area contributed by atoms with E-state index in [0.717, 1.165) is 17.2 Å². The molecule has 0 saturated heterocycles. The Morgan fingerprint density at radius 3 is 2.80 bits per heavy atom. The van der Waals surface area contributed by atoms with Gasteiger partial charge in [-0.15, -0.1) is 10.2 Å². The number of rotatable bonds is 5. The topological polar surface area (TPSA) is 72.7 Å². The van der Waals surface area contributed by atoms with Crippen LogP contribution in [0, 0.1) is 6.92 Å². The summed E-state index contributed by atoms with van der Waals surface area (Å²) in [7, 11) is 0. The zero-order valence-corrected chi connectivity index (χ0v) is 13.0. The molecule has 0 bridgehead atoms. The molecule has 0 saturated carbocycles. The zero-order valence-electron chi connectivity index (χ0n) is 12.2. The number of nitrogens with one attached hydrogen (secondary N) is 1. The minimum Gasteiger partial charge on any atom is -0.358 e. The summed E-state index contributed by atoms with van der Waals surface area (Å²) in [6.45, 7) is 8.58. The van der Waals surface area contributed by atoms with Crippen molar-refractivity contribution < 1.29 is 0 Å². The molecule has 7 heteroatoms. The van der Waals surface area contributed by atoms with Crippen molar-refractivity contribution in [3.63, 3.8) is 0 Å². The van der Waals surface area contributed by atoms with Crippen molar-refractivity contribution >= 4 is 16.5 Å². The van der Waals surface area contributed by atoms with Crippen molar-refractivity contribution in [2.75, 3.05) is 5.32 Å². The summed E-state index contributed by atoms with van der Waals surface area (Å²) >= 11 is 1.39. The monoisotopic (exact) mass is 293 g/mol. The van der Waals surface area contributed by atoms with E-state index < -0.39 is 0 Å². The zero-order chi connectivity index (χ0) is 14.7. The van der Waals surface area contributed by atoms with Gasteiger partial charge in [0.05, 0.1) is 11.3 Å². The molecule has 0 aliphatic rings. The van der Waals surface area contributed by atoms with Crippen molar-refractivity contribution in [3.05, 3.63) is 22.1 Å². The van der Waals surface area contributed by atoms with Crippen LogP contribution >= 0.6 is 11.3 Å². The molecule has 0 aromatic carbocycles. The highest BCUT2D eigenvalue weighted by molar-refractivity contribution is 7.18. The SMILES string of the molecule is CCCn1nc(C)cc(-c2nnc(NC(C)C)s2)c1=O. The molecule has 0 amide bonds. The third-order valence-corrected chi connectivity index (χ3v) is 3.49. The van der Waals surface area contributed by atoms with Crippen molar-refractivity contribution in [2.45, 2.75) is 46.7 Å². The Morgan fingerprint density at radius 1 is 1.40 bits per heavy atom. The predicted molar refractivity (Wildman–Crippen MR) is 81.2 cm³/mol. The fourth-order valence-corrected chi connectivity index (χ4v) is 2.73. The van der Waals surface area contributed by atoms with Gasteiger partial charge in [-0.05, 0) is 33.3 Å². The molecule has 0 spiro atoms. The van der Waals surface area contributed by atoms with E-state index in [1.807, 2.05) is 27.7 Å². The lowest BCUT2D eigenvalue weighted by Crippen LogP contribution is -2.25. The standard InChI is InChI=1S/C13H19N5OS/c1-5-6-18-12(19)10(7-9(4)17-18)11-15-16-13(20-11)14-8(2)3/h7-8H,5-6H2,1-4H3,(H,14,16). The van der Waals surface area contributed by atoms with Gasteiger partial charge in [0.1, 0.15) is 0 Å². The van der Waals surface area contributed by atoms with Crippen LogP contribution < -0.4 is 10.9 Å². The highest BCUT2D eigenvalue weighted by atomic mass is 32.1. The Bertz CT molecular complexity index is 646. The molecular formula is C13H19N5OS. The molecule has 1 N–H and O–H groups in total. The number of aromatic nitrogens is 4. The maximum Gasteiger partial charge on any atom is 0.277 e. The lowest BCUT2D eigenvalue weighted by atomic mass is 10.2. The highest BCUT2D eigenvalue weighted by Gasteiger charge is 2.14. The van der Waals surface area contributed by atoms with Crippen molar-refractivity contribution in [3.8, 4) is 10.6 Å². The summed E-state index contributed by atoms with van der Waals surface area (Å²) in [5, 5.41) is 17.0. The van der Waals surface area contributed by atoms with Crippen molar-refractivity contribution in [2.24, 2.45) is 0 Å². The van der Waals surface area contributed by atoms with Crippen LogP contribution in [0.5, 0.6) is 0 Å². The van der Waals surface area contributed by atoms with Crippen LogP contribution in [0.4, 0.5) is 5.13 Å². The van der Waals surface area contributed by atoms with Gasteiger partial charge in [-0.25, -0.2) is 4.68 Å². The Balaban J connectivity index is 2.41. The van der Waals surface area contributed by atoms with E-state index in [4.69, 9.17) is 0 Å². The quantitative estimate of drug-likeness (QED) is 0.915. The van der Waals surface area contributed by atoms with Crippen LogP contribution in [0.3, 0.4) is 0 Å². The molecule has 0 radical (unpaired) electrons. The minimum atomic E-state index is -0.107. The lowest BCUT2D eigenvalue weighted by Gasteiger charge is -2.06. The first kappa shape index (κ1) is 14.6. The van der Waals surface area contributed by atoms with Gasteiger partial charge in [0.25, 0.3) is 5.56 Å². The molecule has 0 aliphatic heterocycles. The molecule has 2 rings (SSSR count). The lowest BCUT2D eigenvalue weighted by molar-refractivity contribution is 0.562. The molecule has 20 heavy (non-hydrogen) atoms. The third kappa shape index (κ3) is 3.22. The van der Waals surface area contributed by atoms with E-state index in [-0.39, 0.29) is 11.6 Å². The average molecular weight is 293 g/mol. The van der Waals surface area contributed by atoms with Gasteiger partial charge in [-0.1, -0.05) is 18.3 Å². The van der Waals surface area contributed by atoms with Gasteiger partial charge in [0, 0.05) is 12.6 Å². The van der Waals surface area contributed by atoms with E-state index in [0.29, 0.717) is 17.1 Å². The first-order chi connectivity index (χ1) is 9.51. The molecule has 0 atom stereocenters. The maximum atomic E-state index is 12.4. The number of anilines is 1. The first-order valence-corrected chi connectivity index (χ1v) is 7.52. The second-order valence-corrected chi connectivity index (χ2v) is 5.92. The number of hydrogen-bond donors (Lipinski definition) is 1. The Kier molecular flexibility index (Phi) is 4.49. The first-order valence-electron chi connectivity index (χ1n) is 6.70. The van der Waals surface area contributed by atoms with Gasteiger partial charge in [-0.2, -0.15) is 5.10 Å². The third-order valence-electron chi connectivity index (χ3n) is 2.60. The van der Waals surface area contributed by atoms with E-state index in [2.05, 4.69) is 20.6 Å². The van der Waals surface area contributed by atoms with Crippen LogP contribution in [-0.4, -0.2) is 26.0 Å². The van der Waals surface area contributed by atoms with E-state index in [9.17, 15) is 4.79 Å². The Morgan fingerprint density at radius 2 is 2.15 bits per heavy atom. The molecule has 6 nitrogen and oxygen atoms in total. The van der Waals surface area contributed by atoms with Crippen LogP contribution in [0.15, 0.2) is 10.9 Å². The largest absolute Gasteiger partial charge is 0.358 e. The normalized spacial score (nSPS) is 11.1. The molecule has 2 aromatic heterocycles. The smallest absolute Gasteiger partial charge is 0.277 e. The maximum absolute atomic E-state index is 12.4. The highest BCUT2D eigenvalue weighted by Crippen LogP contribution is 2.24. The van der Waals surface area contributed by atoms with E-state index >= 15 is 0 Å². The summed E-state index contributed by atoms with van der Waals surface area (Å²) in [4.78, 5) is 12.4. The predicted octanol–water partition coefficient (Wildman–Crippen LogP) is 2.30. The van der Waals surface area contributed by atoms with Crippen molar-refractivity contribution in [1.29, 1.82) is 0 Å². The molecule has 0 fully saturated rings. The second kappa shape index (κ2) is 6.13. The number of aryl methyl sites for hydroxylation is 2. The molecule has 0 unspecified atom stereocenters. The summed E-state index contributed by atoms with van der Waals surface area (Å²) in [6, 6.07) is 2.06. The average Bonchev–Trinajstić information content (AvgIpc) is 2.81. The summed E-state index contributed by atoms with van der Waals surface area (Å²) in [5.41, 5.74) is 1.27. The number of hydrogen-bond acceptors (Lipinski definition) is 6. The van der Waals surface area contributed by atoms with Gasteiger partial charge in [0.2, 0.25) is 5.13 Å². The Labute approximate surface area is 121 Å². The fourth-order valence-electron chi connectivity index (χ4n) is 1.83. The molecule has 108 valence electrons. The van der Waals surface area contributed by atoms with Crippen LogP contribution in [-0.2, 0) is 6.54 Å². The second-order valence-electron chi connectivity index (χ2n) is 4.94. The number of nitrogens with zero attached hydrogens (tertiary/aromatic N) is 4. The van der Waals surface area contributed by atoms with Gasteiger partial charge < -0.3 is 5.32 Å². The van der Waals surface area contributed by atoms with Crippen LogP contribution in [0.1, 0.15) is 32.9 Å². The minimum absolute atomic E-state index is 0.107. The van der Waals surface area contributed by atoms with Gasteiger partial charge >= 0.3 is 0 Å². The molecule has 2 aromatic rings. The van der Waals surface area contributed by atoms with E-state index in [1.54, 1.807) is 6.07 Å². The molecular weight excluding hydrogens is 274 g/mol. The summed E-state index contributed by atoms with van der Waals surface area (Å²) in [5.74, 6) is 0. The van der Waals surface area contributed by atoms with Crippen molar-refractivity contribution in [1.82, 2.24) is 20.0 Å². The van der Waals surface area contributed by atoms with E-state index in [1.165, 1.54) is 16.0 Å². The molecule has 0 aliphatic carbocycles. The summed E-state index contributed by atoms with van der Waals surface area (Å²) in [6.07, 6.45) is 0.867. The van der Waals surface area contributed by atoms with Crippen LogP contribution in [0.2, 0.25) is 0 Å². The van der Waals surface area contributed by atoms with Gasteiger partial charge in [-0.3, -0.25) is 4.79 Å². The Hall–Kier alpha value is -1.76. The van der Waals surface area contributed by atoms with Crippen LogP contribution in [0.25, 0.3) is 10.6 Å². The van der Waals surface area contributed by atoms with Gasteiger partial charge in [0.15, 0.2) is 5.01 Å². The fraction of sp³-hybridized carbons (Fsp3) is 0.538.